The van der Waals surface area contributed by atoms with E-state index >= 15 is 0 Å². The summed E-state index contributed by atoms with van der Waals surface area (Å²) in [5.74, 6) is 0.0118. The molecule has 0 saturated heterocycles. The van der Waals surface area contributed by atoms with Gasteiger partial charge in [-0.05, 0) is 56.5 Å². The summed E-state index contributed by atoms with van der Waals surface area (Å²) in [5.41, 5.74) is 5.26. The van der Waals surface area contributed by atoms with Gasteiger partial charge in [-0.15, -0.1) is 0 Å². The smallest absolute Gasteiger partial charge is 0.244 e. The summed E-state index contributed by atoms with van der Waals surface area (Å²) in [5, 5.41) is 10.5. The SMILES string of the molecule is Cc1cnc(Nc2ccc(CCNC(=O)/C=C/C(=O)c3ccccc3)cc2)nc1-c1cnn(C(C)C)c1. The molecule has 2 aromatic carbocycles. The fourth-order valence-corrected chi connectivity index (χ4v) is 3.66. The molecule has 0 atom stereocenters. The van der Waals surface area contributed by atoms with Crippen LogP contribution in [0.3, 0.4) is 0 Å². The van der Waals surface area contributed by atoms with Crippen LogP contribution in [0.2, 0.25) is 0 Å². The van der Waals surface area contributed by atoms with Crippen molar-refractivity contribution in [1.82, 2.24) is 25.1 Å². The maximum absolute atomic E-state index is 12.1. The van der Waals surface area contributed by atoms with Crippen LogP contribution in [0.4, 0.5) is 11.6 Å². The van der Waals surface area contributed by atoms with Gasteiger partial charge >= 0.3 is 0 Å². The number of allylic oxidation sites excluding steroid dienone is 1. The molecule has 0 radical (unpaired) electrons. The Labute approximate surface area is 216 Å². The molecule has 0 bridgehead atoms. The maximum Gasteiger partial charge on any atom is 0.244 e. The lowest BCUT2D eigenvalue weighted by Gasteiger charge is -2.09. The zero-order valence-electron chi connectivity index (χ0n) is 21.2. The summed E-state index contributed by atoms with van der Waals surface area (Å²) in [6.07, 6.45) is 8.85. The number of nitrogens with one attached hydrogen (secondary N) is 2. The molecule has 1 amide bonds. The maximum atomic E-state index is 12.1. The number of amides is 1. The molecule has 188 valence electrons. The molecule has 0 spiro atoms. The minimum Gasteiger partial charge on any atom is -0.352 e. The number of aryl methyl sites for hydroxylation is 1. The summed E-state index contributed by atoms with van der Waals surface area (Å²) in [6, 6.07) is 17.0. The third kappa shape index (κ3) is 6.98. The standard InChI is InChI=1S/C29H30N6O2/c1-20(2)35-19-24(18-32-35)28-21(3)17-31-29(34-28)33-25-11-9-22(10-12-25)15-16-30-27(37)14-13-26(36)23-7-5-4-6-8-23/h4-14,17-20H,15-16H2,1-3H3,(H,30,37)(H,31,33,34)/b14-13+. The van der Waals surface area contributed by atoms with Crippen LogP contribution < -0.4 is 10.6 Å². The Morgan fingerprint density at radius 2 is 1.76 bits per heavy atom. The second kappa shape index (κ2) is 11.9. The van der Waals surface area contributed by atoms with E-state index in [2.05, 4.69) is 34.6 Å². The molecular formula is C29H30N6O2. The van der Waals surface area contributed by atoms with Crippen LogP contribution in [0.25, 0.3) is 11.3 Å². The molecule has 0 saturated carbocycles. The van der Waals surface area contributed by atoms with Gasteiger partial charge in [-0.25, -0.2) is 9.97 Å². The van der Waals surface area contributed by atoms with Crippen molar-refractivity contribution in [3.63, 3.8) is 0 Å². The molecule has 2 N–H and O–H groups in total. The third-order valence-corrected chi connectivity index (χ3v) is 5.74. The van der Waals surface area contributed by atoms with Gasteiger partial charge < -0.3 is 10.6 Å². The van der Waals surface area contributed by atoms with Gasteiger partial charge in [-0.3, -0.25) is 14.3 Å². The van der Waals surface area contributed by atoms with Crippen LogP contribution in [0, 0.1) is 6.92 Å². The van der Waals surface area contributed by atoms with Crippen molar-refractivity contribution in [2.24, 2.45) is 0 Å². The molecule has 0 unspecified atom stereocenters. The first-order valence-electron chi connectivity index (χ1n) is 12.2. The second-order valence-corrected chi connectivity index (χ2v) is 8.95. The van der Waals surface area contributed by atoms with Gasteiger partial charge in [0.2, 0.25) is 11.9 Å². The number of hydrogen-bond donors (Lipinski definition) is 2. The Morgan fingerprint density at radius 3 is 2.46 bits per heavy atom. The van der Waals surface area contributed by atoms with Crippen LogP contribution >= 0.6 is 0 Å². The third-order valence-electron chi connectivity index (χ3n) is 5.74. The summed E-state index contributed by atoms with van der Waals surface area (Å²) in [7, 11) is 0. The van der Waals surface area contributed by atoms with Crippen LogP contribution in [-0.4, -0.2) is 38.0 Å². The summed E-state index contributed by atoms with van der Waals surface area (Å²) >= 11 is 0. The summed E-state index contributed by atoms with van der Waals surface area (Å²) in [4.78, 5) is 33.2. The predicted molar refractivity (Wildman–Crippen MR) is 145 cm³/mol. The van der Waals surface area contributed by atoms with Crippen molar-refractivity contribution in [3.8, 4) is 11.3 Å². The van der Waals surface area contributed by atoms with Crippen molar-refractivity contribution < 1.29 is 9.59 Å². The number of benzene rings is 2. The Balaban J connectivity index is 1.29. The fourth-order valence-electron chi connectivity index (χ4n) is 3.66. The highest BCUT2D eigenvalue weighted by molar-refractivity contribution is 6.07. The first-order valence-corrected chi connectivity index (χ1v) is 12.2. The molecule has 4 aromatic rings. The van der Waals surface area contributed by atoms with E-state index in [9.17, 15) is 9.59 Å². The van der Waals surface area contributed by atoms with E-state index in [1.165, 1.54) is 12.2 Å². The van der Waals surface area contributed by atoms with Crippen LogP contribution in [-0.2, 0) is 11.2 Å². The number of anilines is 2. The van der Waals surface area contributed by atoms with E-state index in [-0.39, 0.29) is 17.7 Å². The molecule has 2 aromatic heterocycles. The van der Waals surface area contributed by atoms with E-state index in [0.717, 1.165) is 28.1 Å². The Hall–Kier alpha value is -4.59. The van der Waals surface area contributed by atoms with E-state index in [1.54, 1.807) is 30.5 Å². The zero-order chi connectivity index (χ0) is 26.2. The number of aromatic nitrogens is 4. The normalized spacial score (nSPS) is 11.1. The second-order valence-electron chi connectivity index (χ2n) is 8.95. The first-order chi connectivity index (χ1) is 17.9. The number of ketones is 1. The lowest BCUT2D eigenvalue weighted by Crippen LogP contribution is -2.23. The van der Waals surface area contributed by atoms with Crippen molar-refractivity contribution in [1.29, 1.82) is 0 Å². The highest BCUT2D eigenvalue weighted by atomic mass is 16.1. The molecule has 0 fully saturated rings. The van der Waals surface area contributed by atoms with Crippen molar-refractivity contribution in [2.75, 3.05) is 11.9 Å². The topological polar surface area (TPSA) is 102 Å². The minimum absolute atomic E-state index is 0.200. The minimum atomic E-state index is -0.297. The lowest BCUT2D eigenvalue weighted by molar-refractivity contribution is -0.116. The number of nitrogens with zero attached hydrogens (tertiary/aromatic N) is 4. The average Bonchev–Trinajstić information content (AvgIpc) is 3.40. The van der Waals surface area contributed by atoms with E-state index in [4.69, 9.17) is 4.98 Å². The van der Waals surface area contributed by atoms with Gasteiger partial charge in [0.05, 0.1) is 11.9 Å². The summed E-state index contributed by atoms with van der Waals surface area (Å²) < 4.78 is 1.91. The number of hydrogen-bond acceptors (Lipinski definition) is 6. The Kier molecular flexibility index (Phi) is 8.20. The highest BCUT2D eigenvalue weighted by Gasteiger charge is 2.11. The number of carbonyl (C=O) groups excluding carboxylic acids is 2. The largest absolute Gasteiger partial charge is 0.352 e. The predicted octanol–water partition coefficient (Wildman–Crippen LogP) is 5.07. The van der Waals surface area contributed by atoms with Crippen molar-refractivity contribution >= 4 is 23.3 Å². The van der Waals surface area contributed by atoms with Crippen molar-refractivity contribution in [3.05, 3.63) is 102 Å². The van der Waals surface area contributed by atoms with Gasteiger partial charge in [0.15, 0.2) is 5.78 Å². The molecule has 8 heteroatoms. The highest BCUT2D eigenvalue weighted by Crippen LogP contribution is 2.23. The fraction of sp³-hybridized carbons (Fsp3) is 0.207. The molecule has 0 aliphatic rings. The Bertz CT molecular complexity index is 1390. The lowest BCUT2D eigenvalue weighted by atomic mass is 10.1. The Morgan fingerprint density at radius 1 is 1.00 bits per heavy atom. The van der Waals surface area contributed by atoms with E-state index < -0.39 is 0 Å². The van der Waals surface area contributed by atoms with E-state index in [0.29, 0.717) is 24.5 Å². The van der Waals surface area contributed by atoms with Gasteiger partial charge in [0.25, 0.3) is 0 Å². The van der Waals surface area contributed by atoms with Crippen molar-refractivity contribution in [2.45, 2.75) is 33.2 Å². The van der Waals surface area contributed by atoms with Gasteiger partial charge in [-0.2, -0.15) is 5.10 Å². The molecule has 8 nitrogen and oxygen atoms in total. The quantitative estimate of drug-likeness (QED) is 0.236. The van der Waals surface area contributed by atoms with Gasteiger partial charge in [0, 0.05) is 47.9 Å². The van der Waals surface area contributed by atoms with Gasteiger partial charge in [-0.1, -0.05) is 42.5 Å². The number of carbonyl (C=O) groups is 2. The van der Waals surface area contributed by atoms with E-state index in [1.807, 2.05) is 54.3 Å². The monoisotopic (exact) mass is 494 g/mol. The molecule has 0 aliphatic heterocycles. The first kappa shape index (κ1) is 25.5. The van der Waals surface area contributed by atoms with Gasteiger partial charge in [0.1, 0.15) is 0 Å². The number of rotatable bonds is 10. The molecule has 37 heavy (non-hydrogen) atoms. The molecule has 0 aliphatic carbocycles. The molecule has 4 rings (SSSR count). The van der Waals surface area contributed by atoms with Crippen LogP contribution in [0.15, 0.2) is 85.3 Å². The average molecular weight is 495 g/mol. The molecular weight excluding hydrogens is 464 g/mol. The summed E-state index contributed by atoms with van der Waals surface area (Å²) in [6.45, 7) is 6.61. The van der Waals surface area contributed by atoms with Crippen LogP contribution in [0.1, 0.15) is 41.4 Å². The van der Waals surface area contributed by atoms with Crippen LogP contribution in [0.5, 0.6) is 0 Å². The zero-order valence-corrected chi connectivity index (χ0v) is 21.2. The molecule has 2 heterocycles.